The van der Waals surface area contributed by atoms with Crippen LogP contribution in [0.25, 0.3) is 0 Å². The predicted molar refractivity (Wildman–Crippen MR) is 62.9 cm³/mol. The van der Waals surface area contributed by atoms with Crippen molar-refractivity contribution in [2.24, 2.45) is 5.92 Å². The molecule has 1 aliphatic rings. The number of carbonyl (C=O) groups is 2. The Bertz CT molecular complexity index is 248. The highest BCUT2D eigenvalue weighted by Crippen LogP contribution is 2.18. The van der Waals surface area contributed by atoms with Gasteiger partial charge in [0.1, 0.15) is 0 Å². The molecule has 92 valence electrons. The highest BCUT2D eigenvalue weighted by Gasteiger charge is 2.30. The Kier molecular flexibility index (Phi) is 4.93. The first-order chi connectivity index (χ1) is 7.54. The molecule has 0 aliphatic carbocycles. The second kappa shape index (κ2) is 5.99. The van der Waals surface area contributed by atoms with Crippen LogP contribution < -0.4 is 5.32 Å². The number of nitrogens with one attached hydrogen (secondary N) is 1. The second-order valence-electron chi connectivity index (χ2n) is 4.77. The molecule has 1 fully saturated rings. The summed E-state index contributed by atoms with van der Waals surface area (Å²) in [4.78, 5) is 24.8. The van der Waals surface area contributed by atoms with Crippen molar-refractivity contribution < 1.29 is 9.59 Å². The largest absolute Gasteiger partial charge is 0.312 e. The van der Waals surface area contributed by atoms with Crippen LogP contribution in [0.15, 0.2) is 0 Å². The zero-order valence-electron chi connectivity index (χ0n) is 10.5. The molecule has 1 unspecified atom stereocenters. The lowest BCUT2D eigenvalue weighted by molar-refractivity contribution is -0.150. The topological polar surface area (TPSA) is 49.4 Å². The van der Waals surface area contributed by atoms with E-state index in [2.05, 4.69) is 12.2 Å². The van der Waals surface area contributed by atoms with Gasteiger partial charge in [-0.15, -0.1) is 0 Å². The van der Waals surface area contributed by atoms with Crippen molar-refractivity contribution in [3.05, 3.63) is 0 Å². The fraction of sp³-hybridized carbons (Fsp3) is 0.833. The van der Waals surface area contributed by atoms with Gasteiger partial charge >= 0.3 is 0 Å². The summed E-state index contributed by atoms with van der Waals surface area (Å²) >= 11 is 0. The molecule has 1 N–H and O–H groups in total. The van der Waals surface area contributed by atoms with E-state index in [1.54, 1.807) is 0 Å². The molecule has 1 aliphatic heterocycles. The van der Waals surface area contributed by atoms with Crippen molar-refractivity contribution in [3.8, 4) is 0 Å². The lowest BCUT2D eigenvalue weighted by Crippen LogP contribution is -2.48. The minimum absolute atomic E-state index is 0.0195. The Labute approximate surface area is 97.4 Å². The zero-order valence-corrected chi connectivity index (χ0v) is 10.5. The Hall–Kier alpha value is -0.900. The average molecular weight is 226 g/mol. The van der Waals surface area contributed by atoms with Crippen LogP contribution in [0.3, 0.4) is 0 Å². The third-order valence-corrected chi connectivity index (χ3v) is 2.85. The molecule has 1 heterocycles. The van der Waals surface area contributed by atoms with Gasteiger partial charge in [0.05, 0.1) is 0 Å². The fourth-order valence-corrected chi connectivity index (χ4v) is 1.96. The van der Waals surface area contributed by atoms with Crippen LogP contribution in [0, 0.1) is 5.92 Å². The summed E-state index contributed by atoms with van der Waals surface area (Å²) < 4.78 is 0. The van der Waals surface area contributed by atoms with Gasteiger partial charge in [-0.1, -0.05) is 13.8 Å². The maximum Gasteiger partial charge on any atom is 0.229 e. The van der Waals surface area contributed by atoms with E-state index in [1.807, 2.05) is 13.8 Å². The molecule has 4 nitrogen and oxygen atoms in total. The van der Waals surface area contributed by atoms with Gasteiger partial charge in [0.15, 0.2) is 0 Å². The normalized spacial score (nSPS) is 20.3. The van der Waals surface area contributed by atoms with Crippen molar-refractivity contribution in [1.82, 2.24) is 10.2 Å². The van der Waals surface area contributed by atoms with Gasteiger partial charge < -0.3 is 5.32 Å². The molecule has 2 amide bonds. The number of imide groups is 1. The molecule has 1 rings (SSSR count). The molecule has 1 saturated heterocycles. The van der Waals surface area contributed by atoms with E-state index < -0.39 is 0 Å². The van der Waals surface area contributed by atoms with E-state index in [1.165, 1.54) is 4.90 Å². The number of rotatable bonds is 5. The maximum atomic E-state index is 11.7. The van der Waals surface area contributed by atoms with Gasteiger partial charge in [-0.05, 0) is 25.8 Å². The van der Waals surface area contributed by atoms with Crippen LogP contribution in [-0.4, -0.2) is 35.8 Å². The van der Waals surface area contributed by atoms with E-state index in [0.29, 0.717) is 19.4 Å². The van der Waals surface area contributed by atoms with E-state index in [0.717, 1.165) is 13.0 Å². The van der Waals surface area contributed by atoms with Crippen LogP contribution in [0.4, 0.5) is 0 Å². The SMILES string of the molecule is CCCNC(C)CN1C(=O)CC(C)CC1=O. The van der Waals surface area contributed by atoms with E-state index in [-0.39, 0.29) is 23.8 Å². The molecule has 1 atom stereocenters. The number of amides is 2. The van der Waals surface area contributed by atoms with Gasteiger partial charge in [-0.2, -0.15) is 0 Å². The maximum absolute atomic E-state index is 11.7. The molecule has 0 saturated carbocycles. The van der Waals surface area contributed by atoms with Crippen molar-refractivity contribution in [2.75, 3.05) is 13.1 Å². The molecule has 4 heteroatoms. The molecule has 0 aromatic carbocycles. The highest BCUT2D eigenvalue weighted by molar-refractivity contribution is 5.97. The number of hydrogen-bond acceptors (Lipinski definition) is 3. The molecular weight excluding hydrogens is 204 g/mol. The third kappa shape index (κ3) is 3.59. The van der Waals surface area contributed by atoms with E-state index >= 15 is 0 Å². The summed E-state index contributed by atoms with van der Waals surface area (Å²) in [6.45, 7) is 7.48. The summed E-state index contributed by atoms with van der Waals surface area (Å²) in [5.74, 6) is 0.165. The van der Waals surface area contributed by atoms with Crippen LogP contribution in [-0.2, 0) is 9.59 Å². The number of hydrogen-bond donors (Lipinski definition) is 1. The average Bonchev–Trinajstić information content (AvgIpc) is 2.20. The summed E-state index contributed by atoms with van der Waals surface area (Å²) in [5, 5.41) is 3.29. The van der Waals surface area contributed by atoms with Gasteiger partial charge in [0, 0.05) is 25.4 Å². The van der Waals surface area contributed by atoms with Gasteiger partial charge in [-0.3, -0.25) is 14.5 Å². The van der Waals surface area contributed by atoms with Crippen LogP contribution in [0.5, 0.6) is 0 Å². The molecule has 0 bridgehead atoms. The molecule has 0 aromatic heterocycles. The summed E-state index contributed by atoms with van der Waals surface area (Å²) in [5.41, 5.74) is 0. The first-order valence-corrected chi connectivity index (χ1v) is 6.11. The number of nitrogens with zero attached hydrogens (tertiary/aromatic N) is 1. The first kappa shape index (κ1) is 13.2. The zero-order chi connectivity index (χ0) is 12.1. The van der Waals surface area contributed by atoms with Crippen molar-refractivity contribution in [2.45, 2.75) is 46.1 Å². The summed E-state index contributed by atoms with van der Waals surface area (Å²) in [7, 11) is 0. The number of piperidine rings is 1. The predicted octanol–water partition coefficient (Wildman–Crippen LogP) is 1.16. The van der Waals surface area contributed by atoms with Gasteiger partial charge in [0.25, 0.3) is 0 Å². The minimum Gasteiger partial charge on any atom is -0.312 e. The van der Waals surface area contributed by atoms with Crippen LogP contribution in [0.2, 0.25) is 0 Å². The Morgan fingerprint density at radius 3 is 2.44 bits per heavy atom. The van der Waals surface area contributed by atoms with Crippen molar-refractivity contribution in [3.63, 3.8) is 0 Å². The van der Waals surface area contributed by atoms with Crippen molar-refractivity contribution in [1.29, 1.82) is 0 Å². The Morgan fingerprint density at radius 2 is 1.94 bits per heavy atom. The molecule has 0 radical (unpaired) electrons. The van der Waals surface area contributed by atoms with Crippen LogP contribution in [0.1, 0.15) is 40.0 Å². The molecular formula is C12H22N2O2. The lowest BCUT2D eigenvalue weighted by Gasteiger charge is -2.30. The molecule has 0 aromatic rings. The summed E-state index contributed by atoms with van der Waals surface area (Å²) in [6, 6.07) is 0.182. The van der Waals surface area contributed by atoms with E-state index in [9.17, 15) is 9.59 Å². The van der Waals surface area contributed by atoms with Gasteiger partial charge in [-0.25, -0.2) is 0 Å². The van der Waals surface area contributed by atoms with E-state index in [4.69, 9.17) is 0 Å². The monoisotopic (exact) mass is 226 g/mol. The highest BCUT2D eigenvalue weighted by atomic mass is 16.2. The Morgan fingerprint density at radius 1 is 1.38 bits per heavy atom. The quantitative estimate of drug-likeness (QED) is 0.716. The van der Waals surface area contributed by atoms with Crippen LogP contribution >= 0.6 is 0 Å². The first-order valence-electron chi connectivity index (χ1n) is 6.11. The second-order valence-corrected chi connectivity index (χ2v) is 4.77. The van der Waals surface area contributed by atoms with Crippen molar-refractivity contribution >= 4 is 11.8 Å². The van der Waals surface area contributed by atoms with Gasteiger partial charge in [0.2, 0.25) is 11.8 Å². The standard InChI is InChI=1S/C12H22N2O2/c1-4-5-13-10(3)8-14-11(15)6-9(2)7-12(14)16/h9-10,13H,4-8H2,1-3H3. The summed E-state index contributed by atoms with van der Waals surface area (Å²) in [6.07, 6.45) is 2.07. The minimum atomic E-state index is -0.0195. The lowest BCUT2D eigenvalue weighted by atomic mass is 9.97. The smallest absolute Gasteiger partial charge is 0.229 e. The third-order valence-electron chi connectivity index (χ3n) is 2.85. The molecule has 16 heavy (non-hydrogen) atoms. The molecule has 0 spiro atoms. The fourth-order valence-electron chi connectivity index (χ4n) is 1.96. The number of likely N-dealkylation sites (tertiary alicyclic amines) is 1. The number of carbonyl (C=O) groups excluding carboxylic acids is 2. The Balaban J connectivity index is 2.46.